The molecule has 0 spiro atoms. The Morgan fingerprint density at radius 1 is 1.10 bits per heavy atom. The number of aliphatic hydroxyl groups excluding tert-OH is 1. The molecule has 0 aliphatic heterocycles. The smallest absolute Gasteiger partial charge is 0.413 e. The molecule has 2 N–H and O–H groups in total. The number of benzene rings is 2. The molecule has 0 aromatic heterocycles. The second-order valence-corrected chi connectivity index (χ2v) is 7.52. The fourth-order valence-corrected chi connectivity index (χ4v) is 2.43. The third-order valence-electron chi connectivity index (χ3n) is 3.71. The average molecular weight is 398 g/mol. The maximum Gasteiger partial charge on any atom is 0.413 e. The lowest BCUT2D eigenvalue weighted by Gasteiger charge is -2.19. The van der Waals surface area contributed by atoms with Crippen LogP contribution in [0.15, 0.2) is 47.5 Å². The van der Waals surface area contributed by atoms with Crippen molar-refractivity contribution in [1.29, 1.82) is 0 Å². The van der Waals surface area contributed by atoms with E-state index in [1.54, 1.807) is 77.1 Å². The highest BCUT2D eigenvalue weighted by atomic mass is 16.6. The summed E-state index contributed by atoms with van der Waals surface area (Å²) in [5.41, 5.74) is 1.85. The van der Waals surface area contributed by atoms with Crippen LogP contribution in [0.2, 0.25) is 0 Å². The molecule has 0 radical (unpaired) electrons. The number of carbonyl (C=O) groups excluding carboxylic acids is 2. The van der Waals surface area contributed by atoms with Crippen LogP contribution in [0.3, 0.4) is 0 Å². The van der Waals surface area contributed by atoms with E-state index < -0.39 is 17.7 Å². The average Bonchev–Trinajstić information content (AvgIpc) is 2.62. The van der Waals surface area contributed by atoms with Gasteiger partial charge < -0.3 is 14.6 Å². The van der Waals surface area contributed by atoms with E-state index in [-0.39, 0.29) is 6.61 Å². The molecule has 1 amide bonds. The van der Waals surface area contributed by atoms with Gasteiger partial charge in [-0.1, -0.05) is 12.1 Å². The van der Waals surface area contributed by atoms with Crippen LogP contribution in [0.1, 0.15) is 49.2 Å². The lowest BCUT2D eigenvalue weighted by atomic mass is 10.1. The fraction of sp³-hybridized carbons (Fsp3) is 0.318. The minimum Gasteiger partial charge on any atom is -0.444 e. The van der Waals surface area contributed by atoms with Crippen molar-refractivity contribution in [3.05, 3.63) is 59.2 Å². The minimum absolute atomic E-state index is 0.0702. The number of carbonyl (C=O) groups is 2. The second kappa shape index (κ2) is 9.34. The molecule has 2 rings (SSSR count). The number of amides is 1. The van der Waals surface area contributed by atoms with E-state index in [4.69, 9.17) is 14.6 Å². The molecule has 0 bridgehead atoms. The van der Waals surface area contributed by atoms with E-state index in [2.05, 4.69) is 10.3 Å². The van der Waals surface area contributed by atoms with E-state index in [1.165, 1.54) is 0 Å². The minimum atomic E-state index is -0.594. The normalized spacial score (nSPS) is 11.7. The first kappa shape index (κ1) is 22.1. The maximum atomic E-state index is 12.4. The van der Waals surface area contributed by atoms with Gasteiger partial charge in [-0.15, -0.1) is 0 Å². The number of amidine groups is 1. The molecule has 2 aromatic rings. The summed E-state index contributed by atoms with van der Waals surface area (Å²) in [5, 5.41) is 11.7. The number of hydrogen-bond acceptors (Lipinski definition) is 6. The van der Waals surface area contributed by atoms with Crippen LogP contribution in [0.5, 0.6) is 5.75 Å². The van der Waals surface area contributed by atoms with Gasteiger partial charge in [0.15, 0.2) is 0 Å². The highest BCUT2D eigenvalue weighted by Gasteiger charge is 2.16. The number of nitrogens with one attached hydrogen (secondary N) is 1. The number of ether oxygens (including phenoxy) is 2. The zero-order chi connectivity index (χ0) is 21.6. The van der Waals surface area contributed by atoms with E-state index in [0.717, 1.165) is 11.1 Å². The largest absolute Gasteiger partial charge is 0.444 e. The van der Waals surface area contributed by atoms with Crippen LogP contribution in [-0.2, 0) is 11.3 Å². The van der Waals surface area contributed by atoms with Crippen LogP contribution >= 0.6 is 0 Å². The van der Waals surface area contributed by atoms with Gasteiger partial charge in [-0.25, -0.2) is 14.6 Å². The first-order valence-corrected chi connectivity index (χ1v) is 9.15. The molecule has 7 nitrogen and oxygen atoms in total. The van der Waals surface area contributed by atoms with Crippen molar-refractivity contribution in [2.75, 3.05) is 0 Å². The van der Waals surface area contributed by atoms with Crippen molar-refractivity contribution in [2.45, 2.75) is 46.8 Å². The number of rotatable bonds is 4. The molecule has 7 heteroatoms. The van der Waals surface area contributed by atoms with Gasteiger partial charge in [-0.2, -0.15) is 0 Å². The Bertz CT molecular complexity index is 912. The van der Waals surface area contributed by atoms with E-state index in [9.17, 15) is 9.59 Å². The summed E-state index contributed by atoms with van der Waals surface area (Å²) < 4.78 is 10.6. The molecule has 0 fully saturated rings. The zero-order valence-electron chi connectivity index (χ0n) is 17.3. The molecule has 29 heavy (non-hydrogen) atoms. The standard InChI is InChI=1S/C22H26N2O5/c1-14-12-16(13-25)6-11-19(14)28-20(26)17-7-9-18(10-8-17)23-15(2)24-21(27)29-22(3,4)5/h6-12,25H,13H2,1-5H3,(H,23,24,27). The Labute approximate surface area is 170 Å². The Morgan fingerprint density at radius 2 is 1.76 bits per heavy atom. The molecule has 0 atom stereocenters. The van der Waals surface area contributed by atoms with Crippen LogP contribution in [0, 0.1) is 6.92 Å². The molecule has 0 heterocycles. The van der Waals surface area contributed by atoms with Gasteiger partial charge in [-0.3, -0.25) is 5.32 Å². The van der Waals surface area contributed by atoms with Crippen molar-refractivity contribution in [2.24, 2.45) is 4.99 Å². The monoisotopic (exact) mass is 398 g/mol. The number of aliphatic hydroxyl groups is 1. The van der Waals surface area contributed by atoms with Gasteiger partial charge >= 0.3 is 12.1 Å². The van der Waals surface area contributed by atoms with Crippen molar-refractivity contribution < 1.29 is 24.2 Å². The van der Waals surface area contributed by atoms with Crippen molar-refractivity contribution in [3.8, 4) is 5.75 Å². The first-order chi connectivity index (χ1) is 13.6. The lowest BCUT2D eigenvalue weighted by Crippen LogP contribution is -2.35. The first-order valence-electron chi connectivity index (χ1n) is 9.15. The summed E-state index contributed by atoms with van der Waals surface area (Å²) in [5.74, 6) is 0.310. The van der Waals surface area contributed by atoms with E-state index in [0.29, 0.717) is 22.8 Å². The van der Waals surface area contributed by atoms with Crippen LogP contribution < -0.4 is 10.1 Å². The van der Waals surface area contributed by atoms with Crippen molar-refractivity contribution >= 4 is 23.6 Å². The molecular weight excluding hydrogens is 372 g/mol. The van der Waals surface area contributed by atoms with Gasteiger partial charge in [-0.05, 0) is 76.1 Å². The molecular formula is C22H26N2O5. The summed E-state index contributed by atoms with van der Waals surface area (Å²) in [6.45, 7) is 8.71. The van der Waals surface area contributed by atoms with Crippen LogP contribution in [0.25, 0.3) is 0 Å². The van der Waals surface area contributed by atoms with Gasteiger partial charge in [0.05, 0.1) is 17.9 Å². The molecule has 0 unspecified atom stereocenters. The second-order valence-electron chi connectivity index (χ2n) is 7.52. The lowest BCUT2D eigenvalue weighted by molar-refractivity contribution is 0.0562. The molecule has 0 saturated heterocycles. The molecule has 0 saturated carbocycles. The number of aliphatic imine (C=N–C) groups is 1. The fourth-order valence-electron chi connectivity index (χ4n) is 2.43. The summed E-state index contributed by atoms with van der Waals surface area (Å²) in [6, 6.07) is 11.6. The third-order valence-corrected chi connectivity index (χ3v) is 3.71. The Balaban J connectivity index is 2.02. The molecule has 0 aliphatic carbocycles. The molecule has 154 valence electrons. The number of hydrogen-bond donors (Lipinski definition) is 2. The number of nitrogens with zero attached hydrogens (tertiary/aromatic N) is 1. The highest BCUT2D eigenvalue weighted by Crippen LogP contribution is 2.21. The number of aryl methyl sites for hydroxylation is 1. The van der Waals surface area contributed by atoms with Crippen molar-refractivity contribution in [3.63, 3.8) is 0 Å². The Hall–Kier alpha value is -3.19. The topological polar surface area (TPSA) is 97.2 Å². The summed E-state index contributed by atoms with van der Waals surface area (Å²) in [4.78, 5) is 28.4. The molecule has 0 aliphatic rings. The third kappa shape index (κ3) is 7.04. The SMILES string of the molecule is CC(=Nc1ccc(C(=O)Oc2ccc(CO)cc2C)cc1)NC(=O)OC(C)(C)C. The predicted octanol–water partition coefficient (Wildman–Crippen LogP) is 4.28. The Morgan fingerprint density at radius 3 is 2.31 bits per heavy atom. The van der Waals surface area contributed by atoms with Crippen LogP contribution in [-0.4, -0.2) is 28.6 Å². The van der Waals surface area contributed by atoms with Gasteiger partial charge in [0.1, 0.15) is 17.2 Å². The maximum absolute atomic E-state index is 12.4. The summed E-state index contributed by atoms with van der Waals surface area (Å²) in [7, 11) is 0. The Kier molecular flexibility index (Phi) is 7.12. The van der Waals surface area contributed by atoms with Gasteiger partial charge in [0, 0.05) is 0 Å². The van der Waals surface area contributed by atoms with Crippen molar-refractivity contribution in [1.82, 2.24) is 5.32 Å². The predicted molar refractivity (Wildman–Crippen MR) is 111 cm³/mol. The number of esters is 1. The van der Waals surface area contributed by atoms with E-state index >= 15 is 0 Å². The quantitative estimate of drug-likeness (QED) is 0.347. The summed E-state index contributed by atoms with van der Waals surface area (Å²) in [6.07, 6.45) is -0.582. The highest BCUT2D eigenvalue weighted by molar-refractivity contribution is 5.95. The van der Waals surface area contributed by atoms with Gasteiger partial charge in [0.25, 0.3) is 0 Å². The van der Waals surface area contributed by atoms with E-state index in [1.807, 2.05) is 0 Å². The summed E-state index contributed by atoms with van der Waals surface area (Å²) >= 11 is 0. The van der Waals surface area contributed by atoms with Gasteiger partial charge in [0.2, 0.25) is 0 Å². The molecule has 2 aromatic carbocycles. The zero-order valence-corrected chi connectivity index (χ0v) is 17.3. The number of alkyl carbamates (subject to hydrolysis) is 1. The van der Waals surface area contributed by atoms with Crippen LogP contribution in [0.4, 0.5) is 10.5 Å².